The minimum atomic E-state index is 0.435. The van der Waals surface area contributed by atoms with Crippen LogP contribution in [-0.2, 0) is 12.8 Å². The van der Waals surface area contributed by atoms with Crippen molar-refractivity contribution < 1.29 is 0 Å². The van der Waals surface area contributed by atoms with Crippen LogP contribution in [0.1, 0.15) is 76.0 Å². The van der Waals surface area contributed by atoms with Gasteiger partial charge in [0.15, 0.2) is 0 Å². The zero-order chi connectivity index (χ0) is 12.8. The molecule has 0 radical (unpaired) electrons. The second-order valence-corrected chi connectivity index (χ2v) is 7.00. The summed E-state index contributed by atoms with van der Waals surface area (Å²) in [5.41, 5.74) is 3.26. The van der Waals surface area contributed by atoms with Crippen LogP contribution in [0.4, 0.5) is 0 Å². The number of aromatic nitrogens is 2. The summed E-state index contributed by atoms with van der Waals surface area (Å²) in [7, 11) is 0. The van der Waals surface area contributed by atoms with Crippen molar-refractivity contribution in [2.45, 2.75) is 71.6 Å². The second kappa shape index (κ2) is 4.40. The Labute approximate surface area is 111 Å². The van der Waals surface area contributed by atoms with Crippen LogP contribution in [0.3, 0.4) is 0 Å². The second-order valence-electron chi connectivity index (χ2n) is 7.00. The van der Waals surface area contributed by atoms with Gasteiger partial charge in [0.1, 0.15) is 5.82 Å². The number of rotatable bonds is 2. The Morgan fingerprint density at radius 1 is 1.33 bits per heavy atom. The van der Waals surface area contributed by atoms with Gasteiger partial charge in [0.05, 0.1) is 5.69 Å². The molecule has 2 aliphatic carbocycles. The first-order valence-corrected chi connectivity index (χ1v) is 7.68. The van der Waals surface area contributed by atoms with Gasteiger partial charge in [-0.05, 0) is 43.4 Å². The van der Waals surface area contributed by atoms with E-state index in [1.54, 1.807) is 0 Å². The summed E-state index contributed by atoms with van der Waals surface area (Å²) < 4.78 is 0. The molecule has 2 aliphatic rings. The maximum Gasteiger partial charge on any atom is 0.110 e. The van der Waals surface area contributed by atoms with Crippen molar-refractivity contribution in [1.29, 1.82) is 0 Å². The van der Waals surface area contributed by atoms with Gasteiger partial charge in [0.25, 0.3) is 0 Å². The van der Waals surface area contributed by atoms with E-state index in [2.05, 4.69) is 25.8 Å². The van der Waals surface area contributed by atoms with E-state index in [9.17, 15) is 0 Å². The summed E-state index contributed by atoms with van der Waals surface area (Å²) in [6.45, 7) is 7.12. The van der Waals surface area contributed by atoms with Gasteiger partial charge in [-0.25, -0.2) is 4.98 Å². The van der Waals surface area contributed by atoms with Crippen molar-refractivity contribution in [2.24, 2.45) is 11.3 Å². The molecule has 2 unspecified atom stereocenters. The molecule has 2 atom stereocenters. The van der Waals surface area contributed by atoms with Gasteiger partial charge in [-0.1, -0.05) is 33.6 Å². The van der Waals surface area contributed by atoms with Crippen LogP contribution in [-0.4, -0.2) is 9.97 Å². The highest BCUT2D eigenvalue weighted by Gasteiger charge is 2.38. The first kappa shape index (κ1) is 12.3. The van der Waals surface area contributed by atoms with E-state index in [4.69, 9.17) is 4.98 Å². The van der Waals surface area contributed by atoms with E-state index in [1.165, 1.54) is 62.2 Å². The van der Waals surface area contributed by atoms with Gasteiger partial charge in [-0.3, -0.25) is 0 Å². The number of H-pyrrole nitrogens is 1. The van der Waals surface area contributed by atoms with Crippen LogP contribution in [0.5, 0.6) is 0 Å². The zero-order valence-corrected chi connectivity index (χ0v) is 12.1. The maximum atomic E-state index is 4.94. The predicted octanol–water partition coefficient (Wildman–Crippen LogP) is 4.22. The van der Waals surface area contributed by atoms with Crippen molar-refractivity contribution in [3.05, 3.63) is 17.2 Å². The van der Waals surface area contributed by atoms with Gasteiger partial charge < -0.3 is 4.98 Å². The highest BCUT2D eigenvalue weighted by molar-refractivity contribution is 5.22. The standard InChI is InChI=1S/C16H26N2/c1-4-11-7-8-13-14(10-11)18-15(17-13)12-6-5-9-16(12,2)3/h11-12H,4-10H2,1-3H3,(H,17,18). The van der Waals surface area contributed by atoms with Gasteiger partial charge >= 0.3 is 0 Å². The zero-order valence-electron chi connectivity index (χ0n) is 12.1. The van der Waals surface area contributed by atoms with Crippen molar-refractivity contribution >= 4 is 0 Å². The van der Waals surface area contributed by atoms with Gasteiger partial charge in [0.2, 0.25) is 0 Å². The molecule has 0 aromatic carbocycles. The number of aromatic amines is 1. The minimum Gasteiger partial charge on any atom is -0.345 e. The molecule has 2 nitrogen and oxygen atoms in total. The van der Waals surface area contributed by atoms with Crippen LogP contribution in [0.15, 0.2) is 0 Å². The molecule has 1 aromatic heterocycles. The Bertz CT molecular complexity index is 430. The van der Waals surface area contributed by atoms with E-state index in [-0.39, 0.29) is 0 Å². The Morgan fingerprint density at radius 3 is 2.83 bits per heavy atom. The fraction of sp³-hybridized carbons (Fsp3) is 0.812. The molecule has 0 saturated heterocycles. The minimum absolute atomic E-state index is 0.435. The lowest BCUT2D eigenvalue weighted by Gasteiger charge is -2.25. The number of nitrogens with one attached hydrogen (secondary N) is 1. The molecule has 1 heterocycles. The number of aryl methyl sites for hydroxylation is 1. The maximum absolute atomic E-state index is 4.94. The molecule has 1 fully saturated rings. The molecule has 1 saturated carbocycles. The Hall–Kier alpha value is -0.790. The third kappa shape index (κ3) is 2.00. The molecule has 0 aliphatic heterocycles. The van der Waals surface area contributed by atoms with Gasteiger partial charge in [-0.2, -0.15) is 0 Å². The normalized spacial score (nSPS) is 30.4. The largest absolute Gasteiger partial charge is 0.345 e. The first-order valence-electron chi connectivity index (χ1n) is 7.68. The van der Waals surface area contributed by atoms with Crippen LogP contribution < -0.4 is 0 Å². The molecule has 100 valence electrons. The molecule has 0 bridgehead atoms. The monoisotopic (exact) mass is 246 g/mol. The Kier molecular flexibility index (Phi) is 2.99. The SMILES string of the molecule is CCC1CCc2nc(C3CCCC3(C)C)[nH]c2C1. The Balaban J connectivity index is 1.85. The molecule has 0 spiro atoms. The first-order chi connectivity index (χ1) is 8.60. The number of hydrogen-bond acceptors (Lipinski definition) is 1. The summed E-state index contributed by atoms with van der Waals surface area (Å²) in [4.78, 5) is 8.63. The number of nitrogens with zero attached hydrogens (tertiary/aromatic N) is 1. The molecule has 1 aromatic rings. The number of hydrogen-bond donors (Lipinski definition) is 1. The molecule has 3 rings (SSSR count). The van der Waals surface area contributed by atoms with E-state index >= 15 is 0 Å². The van der Waals surface area contributed by atoms with E-state index in [0.29, 0.717) is 11.3 Å². The van der Waals surface area contributed by atoms with Crippen molar-refractivity contribution in [1.82, 2.24) is 9.97 Å². The third-order valence-electron chi connectivity index (χ3n) is 5.33. The van der Waals surface area contributed by atoms with Gasteiger partial charge in [-0.15, -0.1) is 0 Å². The predicted molar refractivity (Wildman–Crippen MR) is 74.8 cm³/mol. The molecule has 1 N–H and O–H groups in total. The molecular formula is C16H26N2. The molecule has 2 heteroatoms. The summed E-state index contributed by atoms with van der Waals surface area (Å²) >= 11 is 0. The number of fused-ring (bicyclic) bond motifs is 1. The highest BCUT2D eigenvalue weighted by Crippen LogP contribution is 2.48. The lowest BCUT2D eigenvalue weighted by molar-refractivity contribution is 0.323. The van der Waals surface area contributed by atoms with E-state index < -0.39 is 0 Å². The number of imidazole rings is 1. The Morgan fingerprint density at radius 2 is 2.17 bits per heavy atom. The van der Waals surface area contributed by atoms with Crippen molar-refractivity contribution in [2.75, 3.05) is 0 Å². The quantitative estimate of drug-likeness (QED) is 0.831. The average Bonchev–Trinajstić information content (AvgIpc) is 2.90. The van der Waals surface area contributed by atoms with E-state index in [0.717, 1.165) is 5.92 Å². The van der Waals surface area contributed by atoms with Crippen LogP contribution in [0.2, 0.25) is 0 Å². The fourth-order valence-corrected chi connectivity index (χ4v) is 3.92. The smallest absolute Gasteiger partial charge is 0.110 e. The highest BCUT2D eigenvalue weighted by atomic mass is 15.0. The van der Waals surface area contributed by atoms with Crippen LogP contribution in [0, 0.1) is 11.3 Å². The van der Waals surface area contributed by atoms with Crippen LogP contribution >= 0.6 is 0 Å². The summed E-state index contributed by atoms with van der Waals surface area (Å²) in [6.07, 6.45) is 9.09. The van der Waals surface area contributed by atoms with Gasteiger partial charge in [0, 0.05) is 11.6 Å². The van der Waals surface area contributed by atoms with Crippen molar-refractivity contribution in [3.63, 3.8) is 0 Å². The lowest BCUT2D eigenvalue weighted by atomic mass is 9.81. The molecule has 0 amide bonds. The molecule has 18 heavy (non-hydrogen) atoms. The summed E-state index contributed by atoms with van der Waals surface area (Å²) in [6, 6.07) is 0. The van der Waals surface area contributed by atoms with Crippen LogP contribution in [0.25, 0.3) is 0 Å². The molecular weight excluding hydrogens is 220 g/mol. The van der Waals surface area contributed by atoms with E-state index in [1.807, 2.05) is 0 Å². The lowest BCUT2D eigenvalue weighted by Crippen LogP contribution is -2.16. The van der Waals surface area contributed by atoms with Crippen molar-refractivity contribution in [3.8, 4) is 0 Å². The topological polar surface area (TPSA) is 28.7 Å². The summed E-state index contributed by atoms with van der Waals surface area (Å²) in [5.74, 6) is 2.82. The fourth-order valence-electron chi connectivity index (χ4n) is 3.92. The summed E-state index contributed by atoms with van der Waals surface area (Å²) in [5, 5.41) is 0. The average molecular weight is 246 g/mol. The third-order valence-corrected chi connectivity index (χ3v) is 5.33.